The SMILES string of the molecule is C=C(Cl)CNC(=O)NCCC(CCC(=O)O)C(C)(C)C. The van der Waals surface area contributed by atoms with Gasteiger partial charge in [0.2, 0.25) is 0 Å². The topological polar surface area (TPSA) is 78.4 Å². The molecule has 0 aromatic rings. The lowest BCUT2D eigenvalue weighted by molar-refractivity contribution is -0.137. The van der Waals surface area contributed by atoms with Gasteiger partial charge in [0.1, 0.15) is 0 Å². The smallest absolute Gasteiger partial charge is 0.315 e. The van der Waals surface area contributed by atoms with Crippen molar-refractivity contribution in [3.8, 4) is 0 Å². The van der Waals surface area contributed by atoms with Gasteiger partial charge in [0.15, 0.2) is 0 Å². The van der Waals surface area contributed by atoms with Gasteiger partial charge >= 0.3 is 12.0 Å². The highest BCUT2D eigenvalue weighted by molar-refractivity contribution is 6.29. The largest absolute Gasteiger partial charge is 0.481 e. The van der Waals surface area contributed by atoms with Crippen LogP contribution in [0.2, 0.25) is 0 Å². The van der Waals surface area contributed by atoms with E-state index in [1.807, 2.05) is 0 Å². The number of carbonyl (C=O) groups is 2. The molecule has 0 spiro atoms. The van der Waals surface area contributed by atoms with Crippen LogP contribution < -0.4 is 10.6 Å². The molecule has 0 saturated heterocycles. The summed E-state index contributed by atoms with van der Waals surface area (Å²) in [7, 11) is 0. The maximum absolute atomic E-state index is 11.4. The summed E-state index contributed by atoms with van der Waals surface area (Å²) in [5.74, 6) is -0.549. The van der Waals surface area contributed by atoms with E-state index in [4.69, 9.17) is 16.7 Å². The summed E-state index contributed by atoms with van der Waals surface area (Å²) in [6, 6.07) is -0.294. The predicted octanol–water partition coefficient (Wildman–Crippen LogP) is 2.96. The van der Waals surface area contributed by atoms with Crippen LogP contribution in [0.15, 0.2) is 11.6 Å². The number of aliphatic carboxylic acids is 1. The summed E-state index contributed by atoms with van der Waals surface area (Å²) in [5, 5.41) is 14.4. The molecule has 5 nitrogen and oxygen atoms in total. The van der Waals surface area contributed by atoms with Crippen LogP contribution in [0.25, 0.3) is 0 Å². The maximum atomic E-state index is 11.4. The van der Waals surface area contributed by atoms with Gasteiger partial charge in [0.25, 0.3) is 0 Å². The number of amides is 2. The molecule has 3 N–H and O–H groups in total. The van der Waals surface area contributed by atoms with Crippen molar-refractivity contribution in [1.29, 1.82) is 0 Å². The zero-order valence-corrected chi connectivity index (χ0v) is 13.2. The van der Waals surface area contributed by atoms with Crippen LogP contribution in [0.1, 0.15) is 40.0 Å². The molecule has 1 unspecified atom stereocenters. The minimum absolute atomic E-state index is 0.0119. The first-order valence-electron chi connectivity index (χ1n) is 6.69. The van der Waals surface area contributed by atoms with E-state index in [1.165, 1.54) is 0 Å². The predicted molar refractivity (Wildman–Crippen MR) is 80.8 cm³/mol. The number of urea groups is 1. The normalized spacial score (nSPS) is 12.6. The molecule has 0 aromatic carbocycles. The monoisotopic (exact) mass is 304 g/mol. The number of carboxylic acids is 1. The van der Waals surface area contributed by atoms with Gasteiger partial charge in [-0.25, -0.2) is 4.79 Å². The van der Waals surface area contributed by atoms with Crippen molar-refractivity contribution < 1.29 is 14.7 Å². The maximum Gasteiger partial charge on any atom is 0.315 e. The Morgan fingerprint density at radius 3 is 2.30 bits per heavy atom. The van der Waals surface area contributed by atoms with Crippen molar-refractivity contribution in [2.24, 2.45) is 11.3 Å². The molecule has 6 heteroatoms. The molecule has 0 saturated carbocycles. The molecule has 0 bridgehead atoms. The van der Waals surface area contributed by atoms with Crippen molar-refractivity contribution in [1.82, 2.24) is 10.6 Å². The lowest BCUT2D eigenvalue weighted by Crippen LogP contribution is -2.38. The second kappa shape index (κ2) is 8.84. The molecule has 116 valence electrons. The van der Waals surface area contributed by atoms with Gasteiger partial charge in [-0.15, -0.1) is 0 Å². The molecule has 0 radical (unpaired) electrons. The van der Waals surface area contributed by atoms with Crippen molar-refractivity contribution in [2.45, 2.75) is 40.0 Å². The van der Waals surface area contributed by atoms with Crippen LogP contribution in [-0.4, -0.2) is 30.2 Å². The van der Waals surface area contributed by atoms with Gasteiger partial charge < -0.3 is 15.7 Å². The molecular formula is C14H25ClN2O3. The third-order valence-electron chi connectivity index (χ3n) is 3.15. The van der Waals surface area contributed by atoms with Gasteiger partial charge in [-0.05, 0) is 24.2 Å². The number of halogens is 1. The molecule has 20 heavy (non-hydrogen) atoms. The summed E-state index contributed by atoms with van der Waals surface area (Å²) in [4.78, 5) is 22.1. The molecule has 0 rings (SSSR count). The third kappa shape index (κ3) is 9.67. The summed E-state index contributed by atoms with van der Waals surface area (Å²) in [6.45, 7) is 10.5. The molecule has 0 fully saturated rings. The van der Waals surface area contributed by atoms with Crippen molar-refractivity contribution in [3.63, 3.8) is 0 Å². The number of carbonyl (C=O) groups excluding carboxylic acids is 1. The summed E-state index contributed by atoms with van der Waals surface area (Å²) >= 11 is 5.54. The quantitative estimate of drug-likeness (QED) is 0.645. The molecule has 1 atom stereocenters. The minimum atomic E-state index is -0.787. The van der Waals surface area contributed by atoms with E-state index >= 15 is 0 Å². The van der Waals surface area contributed by atoms with Gasteiger partial charge in [0.05, 0.1) is 6.54 Å². The third-order valence-corrected chi connectivity index (χ3v) is 3.28. The number of carboxylic acid groups (broad SMARTS) is 1. The Balaban J connectivity index is 4.10. The van der Waals surface area contributed by atoms with Gasteiger partial charge in [-0.2, -0.15) is 0 Å². The molecule has 0 heterocycles. The van der Waals surface area contributed by atoms with Crippen molar-refractivity contribution >= 4 is 23.6 Å². The number of nitrogens with one attached hydrogen (secondary N) is 2. The first kappa shape index (κ1) is 18.8. The number of hydrogen-bond donors (Lipinski definition) is 3. The van der Waals surface area contributed by atoms with Crippen LogP contribution in [0.5, 0.6) is 0 Å². The zero-order valence-electron chi connectivity index (χ0n) is 12.5. The van der Waals surface area contributed by atoms with Crippen LogP contribution in [0, 0.1) is 11.3 Å². The fourth-order valence-corrected chi connectivity index (χ4v) is 1.97. The second-order valence-electron chi connectivity index (χ2n) is 5.91. The highest BCUT2D eigenvalue weighted by Crippen LogP contribution is 2.32. The standard InChI is InChI=1S/C14H25ClN2O3/c1-10(15)9-17-13(20)16-8-7-11(14(2,3)4)5-6-12(18)19/h11H,1,5-9H2,2-4H3,(H,18,19)(H2,16,17,20). The van der Waals surface area contributed by atoms with Gasteiger partial charge in [-0.1, -0.05) is 39.0 Å². The number of hydrogen-bond acceptors (Lipinski definition) is 2. The lowest BCUT2D eigenvalue weighted by Gasteiger charge is -2.30. The van der Waals surface area contributed by atoms with E-state index in [9.17, 15) is 9.59 Å². The molecule has 0 aliphatic carbocycles. The fraction of sp³-hybridized carbons (Fsp3) is 0.714. The summed E-state index contributed by atoms with van der Waals surface area (Å²) < 4.78 is 0. The fourth-order valence-electron chi connectivity index (χ4n) is 1.91. The average molecular weight is 305 g/mol. The Bertz CT molecular complexity index is 351. The molecular weight excluding hydrogens is 280 g/mol. The van der Waals surface area contributed by atoms with Crippen LogP contribution in [-0.2, 0) is 4.79 Å². The first-order valence-corrected chi connectivity index (χ1v) is 7.07. The first-order chi connectivity index (χ1) is 9.12. The Morgan fingerprint density at radius 1 is 1.25 bits per heavy atom. The molecule has 0 aromatic heterocycles. The highest BCUT2D eigenvalue weighted by atomic mass is 35.5. The lowest BCUT2D eigenvalue weighted by atomic mass is 9.76. The van der Waals surface area contributed by atoms with E-state index in [0.717, 1.165) is 6.42 Å². The van der Waals surface area contributed by atoms with Crippen LogP contribution in [0.3, 0.4) is 0 Å². The average Bonchev–Trinajstić information content (AvgIpc) is 2.28. The van der Waals surface area contributed by atoms with E-state index in [0.29, 0.717) is 18.0 Å². The second-order valence-corrected chi connectivity index (χ2v) is 6.45. The van der Waals surface area contributed by atoms with E-state index in [1.54, 1.807) is 0 Å². The highest BCUT2D eigenvalue weighted by Gasteiger charge is 2.24. The van der Waals surface area contributed by atoms with Crippen molar-refractivity contribution in [3.05, 3.63) is 11.6 Å². The van der Waals surface area contributed by atoms with Gasteiger partial charge in [0, 0.05) is 18.0 Å². The van der Waals surface area contributed by atoms with Gasteiger partial charge in [-0.3, -0.25) is 4.79 Å². The Morgan fingerprint density at radius 2 is 1.85 bits per heavy atom. The van der Waals surface area contributed by atoms with E-state index < -0.39 is 5.97 Å². The van der Waals surface area contributed by atoms with Crippen LogP contribution >= 0.6 is 11.6 Å². The Kier molecular flexibility index (Phi) is 8.30. The number of rotatable bonds is 8. The Hall–Kier alpha value is -1.23. The van der Waals surface area contributed by atoms with E-state index in [2.05, 4.69) is 38.0 Å². The van der Waals surface area contributed by atoms with Crippen LogP contribution in [0.4, 0.5) is 4.79 Å². The van der Waals surface area contributed by atoms with Crippen molar-refractivity contribution in [2.75, 3.05) is 13.1 Å². The molecule has 2 amide bonds. The molecule has 0 aliphatic rings. The summed E-state index contributed by atoms with van der Waals surface area (Å²) in [5.41, 5.74) is 0.0119. The molecule has 0 aliphatic heterocycles. The van der Waals surface area contributed by atoms with E-state index in [-0.39, 0.29) is 30.3 Å². The Labute approximate surface area is 125 Å². The minimum Gasteiger partial charge on any atom is -0.481 e. The summed E-state index contributed by atoms with van der Waals surface area (Å²) in [6.07, 6.45) is 1.51. The zero-order chi connectivity index (χ0) is 15.8.